The molecule has 3 aromatic rings. The third-order valence-corrected chi connectivity index (χ3v) is 5.83. The molecule has 1 amide bonds. The van der Waals surface area contributed by atoms with Crippen molar-refractivity contribution < 1.29 is 4.79 Å². The van der Waals surface area contributed by atoms with Gasteiger partial charge in [0.15, 0.2) is 5.50 Å². The number of aryl methyl sites for hydroxylation is 2. The topological polar surface area (TPSA) is 23.6 Å². The second kappa shape index (κ2) is 7.49. The van der Waals surface area contributed by atoms with E-state index in [4.69, 9.17) is 0 Å². The van der Waals surface area contributed by atoms with Crippen LogP contribution in [0.4, 0.5) is 17.1 Å². The number of hydrogen-bond donors (Lipinski definition) is 0. The molecule has 3 aromatic carbocycles. The van der Waals surface area contributed by atoms with E-state index >= 15 is 0 Å². The van der Waals surface area contributed by atoms with E-state index in [9.17, 15) is 4.79 Å². The van der Waals surface area contributed by atoms with E-state index in [2.05, 4.69) is 67.3 Å². The van der Waals surface area contributed by atoms with Crippen molar-refractivity contribution in [3.05, 3.63) is 90.0 Å². The third kappa shape index (κ3) is 3.58. The number of benzene rings is 3. The SMILES string of the molecule is Cc1ccc(N(c2ccccc2)C2SCC(=O)N2c2cccc(C)c2)cc1. The summed E-state index contributed by atoms with van der Waals surface area (Å²) in [6, 6.07) is 26.9. The Morgan fingerprint density at radius 2 is 1.56 bits per heavy atom. The number of anilines is 3. The van der Waals surface area contributed by atoms with E-state index in [1.54, 1.807) is 11.8 Å². The first kappa shape index (κ1) is 17.7. The van der Waals surface area contributed by atoms with E-state index in [0.717, 1.165) is 22.6 Å². The van der Waals surface area contributed by atoms with Crippen LogP contribution in [0, 0.1) is 13.8 Å². The summed E-state index contributed by atoms with van der Waals surface area (Å²) in [5, 5.41) is 0. The van der Waals surface area contributed by atoms with Crippen molar-refractivity contribution >= 4 is 34.7 Å². The van der Waals surface area contributed by atoms with Crippen LogP contribution in [0.5, 0.6) is 0 Å². The Hall–Kier alpha value is -2.72. The van der Waals surface area contributed by atoms with Gasteiger partial charge in [0.25, 0.3) is 0 Å². The number of carbonyl (C=O) groups is 1. The van der Waals surface area contributed by atoms with Crippen molar-refractivity contribution in [2.45, 2.75) is 19.3 Å². The molecule has 1 unspecified atom stereocenters. The summed E-state index contributed by atoms with van der Waals surface area (Å²) in [5.74, 6) is 0.622. The lowest BCUT2D eigenvalue weighted by Crippen LogP contribution is -2.43. The molecule has 27 heavy (non-hydrogen) atoms. The van der Waals surface area contributed by atoms with Gasteiger partial charge in [-0.05, 0) is 55.8 Å². The van der Waals surface area contributed by atoms with Gasteiger partial charge in [0.2, 0.25) is 5.91 Å². The van der Waals surface area contributed by atoms with Gasteiger partial charge in [0, 0.05) is 17.1 Å². The van der Waals surface area contributed by atoms with Crippen LogP contribution in [0.1, 0.15) is 11.1 Å². The Labute approximate surface area is 164 Å². The average molecular weight is 375 g/mol. The van der Waals surface area contributed by atoms with Gasteiger partial charge in [-0.1, -0.05) is 48.0 Å². The molecule has 3 nitrogen and oxygen atoms in total. The molecule has 0 saturated carbocycles. The van der Waals surface area contributed by atoms with Crippen LogP contribution >= 0.6 is 11.8 Å². The maximum absolute atomic E-state index is 12.8. The molecule has 136 valence electrons. The first-order valence-electron chi connectivity index (χ1n) is 9.05. The lowest BCUT2D eigenvalue weighted by molar-refractivity contribution is -0.115. The molecule has 1 heterocycles. The Kier molecular flexibility index (Phi) is 4.90. The van der Waals surface area contributed by atoms with E-state index in [1.165, 1.54) is 5.56 Å². The van der Waals surface area contributed by atoms with E-state index in [1.807, 2.05) is 35.2 Å². The van der Waals surface area contributed by atoms with Crippen LogP contribution < -0.4 is 9.80 Å². The van der Waals surface area contributed by atoms with Crippen molar-refractivity contribution in [2.24, 2.45) is 0 Å². The molecule has 1 atom stereocenters. The van der Waals surface area contributed by atoms with Gasteiger partial charge in [-0.3, -0.25) is 9.69 Å². The Bertz CT molecular complexity index is 940. The number of nitrogens with zero attached hydrogens (tertiary/aromatic N) is 2. The molecule has 1 aliphatic rings. The quantitative estimate of drug-likeness (QED) is 0.602. The highest BCUT2D eigenvalue weighted by Gasteiger charge is 2.38. The van der Waals surface area contributed by atoms with Gasteiger partial charge >= 0.3 is 0 Å². The highest BCUT2D eigenvalue weighted by atomic mass is 32.2. The summed E-state index contributed by atoms with van der Waals surface area (Å²) in [7, 11) is 0. The summed E-state index contributed by atoms with van der Waals surface area (Å²) >= 11 is 1.66. The number of amides is 1. The predicted molar refractivity (Wildman–Crippen MR) is 115 cm³/mol. The second-order valence-electron chi connectivity index (χ2n) is 6.78. The number of hydrogen-bond acceptors (Lipinski definition) is 3. The smallest absolute Gasteiger partial charge is 0.239 e. The maximum Gasteiger partial charge on any atom is 0.239 e. The highest BCUT2D eigenvalue weighted by molar-refractivity contribution is 8.01. The molecular weight excluding hydrogens is 352 g/mol. The lowest BCUT2D eigenvalue weighted by Gasteiger charge is -2.36. The van der Waals surface area contributed by atoms with Crippen molar-refractivity contribution in [3.8, 4) is 0 Å². The number of para-hydroxylation sites is 1. The number of thioether (sulfide) groups is 1. The van der Waals surface area contributed by atoms with Gasteiger partial charge < -0.3 is 4.90 Å². The molecule has 0 spiro atoms. The van der Waals surface area contributed by atoms with Crippen LogP contribution in [0.25, 0.3) is 0 Å². The zero-order valence-electron chi connectivity index (χ0n) is 15.5. The normalized spacial score (nSPS) is 16.6. The van der Waals surface area contributed by atoms with Crippen LogP contribution in [0.15, 0.2) is 78.9 Å². The average Bonchev–Trinajstić information content (AvgIpc) is 3.05. The summed E-state index contributed by atoms with van der Waals surface area (Å²) in [4.78, 5) is 17.0. The summed E-state index contributed by atoms with van der Waals surface area (Å²) in [6.45, 7) is 4.14. The van der Waals surface area contributed by atoms with Gasteiger partial charge in [-0.25, -0.2) is 0 Å². The second-order valence-corrected chi connectivity index (χ2v) is 7.82. The zero-order valence-corrected chi connectivity index (χ0v) is 16.3. The number of carbonyl (C=O) groups excluding carboxylic acids is 1. The summed E-state index contributed by atoms with van der Waals surface area (Å²) in [5.41, 5.74) is 5.35. The van der Waals surface area contributed by atoms with Crippen LogP contribution in [-0.4, -0.2) is 17.2 Å². The van der Waals surface area contributed by atoms with Gasteiger partial charge in [0.05, 0.1) is 5.75 Å². The summed E-state index contributed by atoms with van der Waals surface area (Å²) < 4.78 is 0. The maximum atomic E-state index is 12.8. The van der Waals surface area contributed by atoms with E-state index < -0.39 is 0 Å². The Morgan fingerprint density at radius 3 is 2.26 bits per heavy atom. The molecule has 0 radical (unpaired) electrons. The molecule has 0 aromatic heterocycles. The van der Waals surface area contributed by atoms with Crippen LogP contribution in [0.3, 0.4) is 0 Å². The van der Waals surface area contributed by atoms with Crippen molar-refractivity contribution in [3.63, 3.8) is 0 Å². The Balaban J connectivity index is 1.81. The Morgan fingerprint density at radius 1 is 0.852 bits per heavy atom. The molecule has 1 aliphatic heterocycles. The van der Waals surface area contributed by atoms with Crippen molar-refractivity contribution in [1.82, 2.24) is 0 Å². The van der Waals surface area contributed by atoms with Crippen LogP contribution in [0.2, 0.25) is 0 Å². The van der Waals surface area contributed by atoms with Gasteiger partial charge in [-0.15, -0.1) is 11.8 Å². The largest absolute Gasteiger partial charge is 0.311 e. The minimum atomic E-state index is -0.121. The fourth-order valence-electron chi connectivity index (χ4n) is 3.35. The minimum absolute atomic E-state index is 0.121. The molecule has 1 saturated heterocycles. The van der Waals surface area contributed by atoms with E-state index in [-0.39, 0.29) is 11.4 Å². The number of rotatable bonds is 4. The molecule has 0 N–H and O–H groups in total. The van der Waals surface area contributed by atoms with Crippen molar-refractivity contribution in [1.29, 1.82) is 0 Å². The summed E-state index contributed by atoms with van der Waals surface area (Å²) in [6.07, 6.45) is 0. The molecular formula is C23H22N2OS. The monoisotopic (exact) mass is 374 g/mol. The third-order valence-electron chi connectivity index (χ3n) is 4.69. The van der Waals surface area contributed by atoms with Gasteiger partial charge in [-0.2, -0.15) is 0 Å². The standard InChI is InChI=1S/C23H22N2OS/c1-17-11-13-20(14-12-17)24(19-8-4-3-5-9-19)23-25(22(26)16-27-23)21-10-6-7-18(2)15-21/h3-15,23H,16H2,1-2H3. The predicted octanol–water partition coefficient (Wildman–Crippen LogP) is 5.51. The zero-order chi connectivity index (χ0) is 18.8. The molecule has 0 bridgehead atoms. The van der Waals surface area contributed by atoms with Crippen molar-refractivity contribution in [2.75, 3.05) is 15.6 Å². The first-order valence-corrected chi connectivity index (χ1v) is 10.1. The molecule has 0 aliphatic carbocycles. The minimum Gasteiger partial charge on any atom is -0.311 e. The molecule has 4 heteroatoms. The molecule has 1 fully saturated rings. The lowest BCUT2D eigenvalue weighted by atomic mass is 10.2. The molecule has 4 rings (SSSR count). The van der Waals surface area contributed by atoms with E-state index in [0.29, 0.717) is 5.75 Å². The fraction of sp³-hybridized carbons (Fsp3) is 0.174. The van der Waals surface area contributed by atoms with Crippen LogP contribution in [-0.2, 0) is 4.79 Å². The highest BCUT2D eigenvalue weighted by Crippen LogP contribution is 2.39. The first-order chi connectivity index (χ1) is 13.1. The fourth-order valence-corrected chi connectivity index (χ4v) is 4.56. The van der Waals surface area contributed by atoms with Gasteiger partial charge in [0.1, 0.15) is 0 Å².